The predicted octanol–water partition coefficient (Wildman–Crippen LogP) is 0.283. The lowest BCUT2D eigenvalue weighted by atomic mass is 10.6. The minimum absolute atomic E-state index is 0.601. The molecule has 0 aromatic carbocycles. The van der Waals surface area contributed by atoms with Gasteiger partial charge in [0, 0.05) is 20.2 Å². The van der Waals surface area contributed by atoms with Crippen molar-refractivity contribution in [2.45, 2.75) is 6.54 Å². The average Bonchev–Trinajstić information content (AvgIpc) is 2.60. The Labute approximate surface area is 81.1 Å². The van der Waals surface area contributed by atoms with Crippen LogP contribution in [-0.4, -0.2) is 37.6 Å². The van der Waals surface area contributed by atoms with E-state index in [0.717, 1.165) is 11.6 Å². The maximum Gasteiger partial charge on any atom is 0.293 e. The van der Waals surface area contributed by atoms with Crippen molar-refractivity contribution in [3.8, 4) is 5.19 Å². The van der Waals surface area contributed by atoms with Gasteiger partial charge >= 0.3 is 0 Å². The highest BCUT2D eigenvalue weighted by Gasteiger charge is 2.01. The number of nitrogens with one attached hydrogen (secondary N) is 1. The summed E-state index contributed by atoms with van der Waals surface area (Å²) < 4.78 is 9.80. The molecule has 0 amide bonds. The maximum atomic E-state index is 4.91. The average molecular weight is 203 g/mol. The largest absolute Gasteiger partial charge is 0.472 e. The highest BCUT2D eigenvalue weighted by atomic mass is 32.1. The molecule has 0 radical (unpaired) electrons. The summed E-state index contributed by atoms with van der Waals surface area (Å²) in [5.41, 5.74) is 0. The van der Waals surface area contributed by atoms with Gasteiger partial charge in [0.2, 0.25) is 0 Å². The van der Waals surface area contributed by atoms with E-state index in [4.69, 9.17) is 9.47 Å². The Morgan fingerprint density at radius 1 is 1.38 bits per heavy atom. The second-order valence-corrected chi connectivity index (χ2v) is 3.36. The van der Waals surface area contributed by atoms with Crippen LogP contribution in [0.2, 0.25) is 0 Å². The van der Waals surface area contributed by atoms with Crippen molar-refractivity contribution in [3.63, 3.8) is 0 Å². The van der Waals surface area contributed by atoms with E-state index in [1.807, 2.05) is 0 Å². The van der Waals surface area contributed by atoms with Crippen LogP contribution in [-0.2, 0) is 11.3 Å². The molecule has 0 saturated heterocycles. The fourth-order valence-corrected chi connectivity index (χ4v) is 1.38. The quantitative estimate of drug-likeness (QED) is 0.673. The smallest absolute Gasteiger partial charge is 0.293 e. The summed E-state index contributed by atoms with van der Waals surface area (Å²) in [7, 11) is 3.26. The van der Waals surface area contributed by atoms with Crippen LogP contribution in [0, 0.1) is 0 Å². The lowest BCUT2D eigenvalue weighted by molar-refractivity contribution is 0.199. The van der Waals surface area contributed by atoms with Gasteiger partial charge in [-0.25, -0.2) is 0 Å². The molecule has 13 heavy (non-hydrogen) atoms. The molecule has 0 fully saturated rings. The molecule has 0 atom stereocenters. The molecule has 0 aliphatic heterocycles. The van der Waals surface area contributed by atoms with Gasteiger partial charge in [-0.05, 0) is 0 Å². The number of hydrogen-bond donors (Lipinski definition) is 1. The Balaban J connectivity index is 2.20. The number of rotatable bonds is 6. The molecule has 0 spiro atoms. The molecule has 1 aromatic rings. The highest BCUT2D eigenvalue weighted by molar-refractivity contribution is 7.13. The number of nitrogens with zero attached hydrogens (tertiary/aromatic N) is 2. The minimum atomic E-state index is 0.601. The standard InChI is InChI=1S/C7H13N3O2S/c1-11-4-3-8-5-6-9-10-7(12-2)13-6/h8H,3-5H2,1-2H3. The van der Waals surface area contributed by atoms with Gasteiger partial charge < -0.3 is 14.8 Å². The molecular weight excluding hydrogens is 190 g/mol. The van der Waals surface area contributed by atoms with Crippen molar-refractivity contribution in [2.75, 3.05) is 27.4 Å². The van der Waals surface area contributed by atoms with E-state index in [0.29, 0.717) is 18.3 Å². The van der Waals surface area contributed by atoms with Crippen LogP contribution in [0.3, 0.4) is 0 Å². The van der Waals surface area contributed by atoms with E-state index in [2.05, 4.69) is 15.5 Å². The SMILES string of the molecule is COCCNCc1nnc(OC)s1. The van der Waals surface area contributed by atoms with Crippen LogP contribution < -0.4 is 10.1 Å². The van der Waals surface area contributed by atoms with Crippen LogP contribution in [0.15, 0.2) is 0 Å². The van der Waals surface area contributed by atoms with E-state index >= 15 is 0 Å². The zero-order chi connectivity index (χ0) is 9.52. The molecule has 0 unspecified atom stereocenters. The molecular formula is C7H13N3O2S. The van der Waals surface area contributed by atoms with Crippen molar-refractivity contribution in [1.29, 1.82) is 0 Å². The van der Waals surface area contributed by atoms with E-state index in [-0.39, 0.29) is 0 Å². The van der Waals surface area contributed by atoms with E-state index in [9.17, 15) is 0 Å². The third-order valence-corrected chi connectivity index (χ3v) is 2.27. The minimum Gasteiger partial charge on any atom is -0.472 e. The van der Waals surface area contributed by atoms with Gasteiger partial charge in [-0.3, -0.25) is 0 Å². The molecule has 1 N–H and O–H groups in total. The Morgan fingerprint density at radius 2 is 2.23 bits per heavy atom. The van der Waals surface area contributed by atoms with Crippen LogP contribution in [0.4, 0.5) is 0 Å². The molecule has 1 aromatic heterocycles. The molecule has 6 heteroatoms. The van der Waals surface area contributed by atoms with Gasteiger partial charge in [-0.15, -0.1) is 10.2 Å². The molecule has 0 saturated carbocycles. The monoisotopic (exact) mass is 203 g/mol. The normalized spacial score (nSPS) is 10.3. The summed E-state index contributed by atoms with van der Waals surface area (Å²) in [5.74, 6) is 0. The van der Waals surface area contributed by atoms with Crippen molar-refractivity contribution < 1.29 is 9.47 Å². The molecule has 0 bridgehead atoms. The number of hydrogen-bond acceptors (Lipinski definition) is 6. The van der Waals surface area contributed by atoms with Crippen molar-refractivity contribution in [2.24, 2.45) is 0 Å². The molecule has 0 aliphatic rings. The van der Waals surface area contributed by atoms with Crippen LogP contribution in [0.1, 0.15) is 5.01 Å². The van der Waals surface area contributed by atoms with Gasteiger partial charge in [-0.2, -0.15) is 0 Å². The van der Waals surface area contributed by atoms with Gasteiger partial charge in [-0.1, -0.05) is 11.3 Å². The Hall–Kier alpha value is -0.720. The van der Waals surface area contributed by atoms with Crippen molar-refractivity contribution >= 4 is 11.3 Å². The summed E-state index contributed by atoms with van der Waals surface area (Å²) in [6.45, 7) is 2.23. The van der Waals surface area contributed by atoms with Crippen LogP contribution >= 0.6 is 11.3 Å². The van der Waals surface area contributed by atoms with Gasteiger partial charge in [0.1, 0.15) is 5.01 Å². The zero-order valence-corrected chi connectivity index (χ0v) is 8.56. The van der Waals surface area contributed by atoms with Crippen molar-refractivity contribution in [1.82, 2.24) is 15.5 Å². The summed E-state index contributed by atoms with van der Waals surface area (Å²) >= 11 is 1.44. The number of ether oxygens (including phenoxy) is 2. The molecule has 1 rings (SSSR count). The van der Waals surface area contributed by atoms with E-state index in [1.165, 1.54) is 11.3 Å². The fourth-order valence-electron chi connectivity index (χ4n) is 0.762. The second kappa shape index (κ2) is 5.85. The fraction of sp³-hybridized carbons (Fsp3) is 0.714. The zero-order valence-electron chi connectivity index (χ0n) is 7.74. The predicted molar refractivity (Wildman–Crippen MR) is 50.0 cm³/mol. The lowest BCUT2D eigenvalue weighted by Crippen LogP contribution is -2.18. The van der Waals surface area contributed by atoms with E-state index in [1.54, 1.807) is 14.2 Å². The first-order valence-electron chi connectivity index (χ1n) is 3.93. The number of aromatic nitrogens is 2. The van der Waals surface area contributed by atoms with Crippen LogP contribution in [0.5, 0.6) is 5.19 Å². The van der Waals surface area contributed by atoms with Gasteiger partial charge in [0.25, 0.3) is 5.19 Å². The van der Waals surface area contributed by atoms with Gasteiger partial charge in [0.05, 0.1) is 13.7 Å². The topological polar surface area (TPSA) is 56.3 Å². The third-order valence-electron chi connectivity index (χ3n) is 1.38. The molecule has 1 heterocycles. The first-order chi connectivity index (χ1) is 6.36. The molecule has 74 valence electrons. The molecule has 5 nitrogen and oxygen atoms in total. The lowest BCUT2D eigenvalue weighted by Gasteiger charge is -1.99. The summed E-state index contributed by atoms with van der Waals surface area (Å²) in [6, 6.07) is 0. The van der Waals surface area contributed by atoms with E-state index < -0.39 is 0 Å². The van der Waals surface area contributed by atoms with Crippen molar-refractivity contribution in [3.05, 3.63) is 5.01 Å². The Morgan fingerprint density at radius 3 is 2.85 bits per heavy atom. The van der Waals surface area contributed by atoms with Crippen LogP contribution in [0.25, 0.3) is 0 Å². The number of methoxy groups -OCH3 is 2. The molecule has 0 aliphatic carbocycles. The Kier molecular flexibility index (Phi) is 4.66. The highest BCUT2D eigenvalue weighted by Crippen LogP contribution is 2.16. The summed E-state index contributed by atoms with van der Waals surface area (Å²) in [6.07, 6.45) is 0. The second-order valence-electron chi connectivity index (χ2n) is 2.34. The third kappa shape index (κ3) is 3.67. The van der Waals surface area contributed by atoms with Gasteiger partial charge in [0.15, 0.2) is 0 Å². The first kappa shape index (κ1) is 10.4. The summed E-state index contributed by atoms with van der Waals surface area (Å²) in [4.78, 5) is 0. The summed E-state index contributed by atoms with van der Waals surface area (Å²) in [5, 5.41) is 12.4. The Bertz CT molecular complexity index is 241. The first-order valence-corrected chi connectivity index (χ1v) is 4.74. The maximum absolute atomic E-state index is 4.91.